The van der Waals surface area contributed by atoms with Crippen LogP contribution in [0.3, 0.4) is 0 Å². The van der Waals surface area contributed by atoms with E-state index in [0.29, 0.717) is 17.9 Å². The van der Waals surface area contributed by atoms with Gasteiger partial charge in [-0.3, -0.25) is 9.89 Å². The van der Waals surface area contributed by atoms with Crippen molar-refractivity contribution in [3.05, 3.63) is 59.9 Å². The van der Waals surface area contributed by atoms with Crippen molar-refractivity contribution in [2.24, 2.45) is 5.73 Å². The maximum absolute atomic E-state index is 11.8. The smallest absolute Gasteiger partial charge is 0.251 e. The number of hydrogen-bond acceptors (Lipinski definition) is 6. The molecule has 0 spiro atoms. The summed E-state index contributed by atoms with van der Waals surface area (Å²) in [6.45, 7) is 0.594. The number of benzene rings is 1. The Morgan fingerprint density at radius 1 is 1.30 bits per heavy atom. The molecule has 0 saturated carbocycles. The molecule has 8 heteroatoms. The van der Waals surface area contributed by atoms with Crippen LogP contribution in [0.2, 0.25) is 0 Å². The van der Waals surface area contributed by atoms with Crippen LogP contribution in [-0.4, -0.2) is 28.2 Å². The molecule has 0 saturated heterocycles. The summed E-state index contributed by atoms with van der Waals surface area (Å²) in [5.74, 6) is 1.02. The first-order chi connectivity index (χ1) is 13.2. The molecule has 7 nitrogen and oxygen atoms in total. The van der Waals surface area contributed by atoms with Crippen molar-refractivity contribution in [1.82, 2.24) is 15.2 Å². The highest BCUT2D eigenvalue weighted by atomic mass is 32.1. The van der Waals surface area contributed by atoms with E-state index in [1.54, 1.807) is 13.3 Å². The van der Waals surface area contributed by atoms with Gasteiger partial charge in [0, 0.05) is 24.3 Å². The van der Waals surface area contributed by atoms with Gasteiger partial charge in [-0.15, -0.1) is 11.3 Å². The number of methoxy groups -OCH3 is 1. The Balaban J connectivity index is 1.69. The molecule has 0 unspecified atom stereocenters. The van der Waals surface area contributed by atoms with E-state index in [1.807, 2.05) is 36.4 Å². The molecule has 0 aliphatic carbocycles. The van der Waals surface area contributed by atoms with Crippen molar-refractivity contribution in [2.75, 3.05) is 12.4 Å². The number of fused-ring (bicyclic) bond motifs is 1. The Kier molecular flexibility index (Phi) is 4.47. The molecular formula is C19H17N5O2S. The van der Waals surface area contributed by atoms with Gasteiger partial charge in [0.05, 0.1) is 27.9 Å². The highest BCUT2D eigenvalue weighted by Gasteiger charge is 2.16. The summed E-state index contributed by atoms with van der Waals surface area (Å²) in [7, 11) is 1.64. The zero-order chi connectivity index (χ0) is 18.8. The van der Waals surface area contributed by atoms with Crippen molar-refractivity contribution in [3.63, 3.8) is 0 Å². The lowest BCUT2D eigenvalue weighted by atomic mass is 10.2. The number of ether oxygens (including phenoxy) is 1. The maximum Gasteiger partial charge on any atom is 0.251 e. The van der Waals surface area contributed by atoms with Crippen LogP contribution in [0.25, 0.3) is 20.7 Å². The number of rotatable bonds is 6. The average Bonchev–Trinajstić information content (AvgIpc) is 3.35. The van der Waals surface area contributed by atoms with Crippen molar-refractivity contribution in [2.45, 2.75) is 6.54 Å². The van der Waals surface area contributed by atoms with Crippen LogP contribution in [-0.2, 0) is 6.54 Å². The Morgan fingerprint density at radius 2 is 2.11 bits per heavy atom. The summed E-state index contributed by atoms with van der Waals surface area (Å²) in [6.07, 6.45) is 3.21. The number of aromatic amines is 1. The first kappa shape index (κ1) is 17.0. The Hall–Kier alpha value is -3.39. The Bertz CT molecular complexity index is 1090. The number of carbonyl (C=O) groups excluding carboxylic acids is 1. The summed E-state index contributed by atoms with van der Waals surface area (Å²) in [6, 6.07) is 11.7. The minimum absolute atomic E-state index is 0.413. The third-order valence-electron chi connectivity index (χ3n) is 4.21. The number of hydrogen-bond donors (Lipinski definition) is 3. The zero-order valence-corrected chi connectivity index (χ0v) is 15.3. The van der Waals surface area contributed by atoms with Crippen LogP contribution in [0, 0.1) is 0 Å². The molecule has 4 aromatic rings. The third-order valence-corrected chi connectivity index (χ3v) is 5.41. The van der Waals surface area contributed by atoms with E-state index in [9.17, 15) is 4.79 Å². The lowest BCUT2D eigenvalue weighted by molar-refractivity contribution is 0.100. The molecule has 0 aliphatic heterocycles. The van der Waals surface area contributed by atoms with Crippen LogP contribution >= 0.6 is 11.3 Å². The summed E-state index contributed by atoms with van der Waals surface area (Å²) < 4.78 is 5.99. The van der Waals surface area contributed by atoms with Gasteiger partial charge in [-0.25, -0.2) is 4.98 Å². The number of H-pyrrole nitrogens is 1. The van der Waals surface area contributed by atoms with Crippen molar-refractivity contribution in [1.29, 1.82) is 0 Å². The summed E-state index contributed by atoms with van der Waals surface area (Å²) >= 11 is 1.48. The van der Waals surface area contributed by atoms with Gasteiger partial charge in [0.15, 0.2) is 0 Å². The number of nitrogens with one attached hydrogen (secondary N) is 2. The molecule has 0 fully saturated rings. The fraction of sp³-hybridized carbons (Fsp3) is 0.105. The van der Waals surface area contributed by atoms with Crippen LogP contribution in [0.15, 0.2) is 48.8 Å². The third kappa shape index (κ3) is 3.34. The number of aromatic nitrogens is 3. The zero-order valence-electron chi connectivity index (χ0n) is 14.5. The van der Waals surface area contributed by atoms with Gasteiger partial charge in [-0.2, -0.15) is 5.10 Å². The first-order valence-electron chi connectivity index (χ1n) is 8.24. The normalized spacial score (nSPS) is 10.9. The molecule has 0 radical (unpaired) electrons. The monoisotopic (exact) mass is 379 g/mol. The van der Waals surface area contributed by atoms with Crippen LogP contribution in [0.5, 0.6) is 5.75 Å². The van der Waals surface area contributed by atoms with Gasteiger partial charge in [-0.05, 0) is 29.8 Å². The Labute approximate surface area is 159 Å². The molecule has 4 rings (SSSR count). The molecule has 4 N–H and O–H groups in total. The number of amides is 1. The molecule has 0 atom stereocenters. The van der Waals surface area contributed by atoms with Crippen LogP contribution in [0.1, 0.15) is 15.9 Å². The predicted octanol–water partition coefficient (Wildman–Crippen LogP) is 3.41. The fourth-order valence-corrected chi connectivity index (χ4v) is 3.94. The molecule has 1 aromatic carbocycles. The van der Waals surface area contributed by atoms with E-state index in [0.717, 1.165) is 32.0 Å². The highest BCUT2D eigenvalue weighted by Crippen LogP contribution is 2.37. The lowest BCUT2D eigenvalue weighted by Gasteiger charge is -2.09. The van der Waals surface area contributed by atoms with Gasteiger partial charge in [0.2, 0.25) is 0 Å². The van der Waals surface area contributed by atoms with Gasteiger partial charge in [-0.1, -0.05) is 12.1 Å². The molecule has 27 heavy (non-hydrogen) atoms. The first-order valence-corrected chi connectivity index (χ1v) is 9.06. The summed E-state index contributed by atoms with van der Waals surface area (Å²) in [4.78, 5) is 17.2. The summed E-state index contributed by atoms with van der Waals surface area (Å²) in [5.41, 5.74) is 7.91. The second kappa shape index (κ2) is 7.08. The van der Waals surface area contributed by atoms with E-state index in [1.165, 1.54) is 17.5 Å². The number of nitrogens with two attached hydrogens (primary N) is 1. The largest absolute Gasteiger partial charge is 0.497 e. The minimum Gasteiger partial charge on any atom is -0.497 e. The number of pyridine rings is 1. The number of thiophene rings is 1. The van der Waals surface area contributed by atoms with Gasteiger partial charge < -0.3 is 15.8 Å². The van der Waals surface area contributed by atoms with Crippen molar-refractivity contribution < 1.29 is 9.53 Å². The lowest BCUT2D eigenvalue weighted by Crippen LogP contribution is -2.12. The Morgan fingerprint density at radius 3 is 2.78 bits per heavy atom. The maximum atomic E-state index is 11.8. The van der Waals surface area contributed by atoms with Crippen LogP contribution in [0.4, 0.5) is 5.82 Å². The van der Waals surface area contributed by atoms with Gasteiger partial charge in [0.1, 0.15) is 11.6 Å². The summed E-state index contributed by atoms with van der Waals surface area (Å²) in [5, 5.41) is 11.1. The number of carbonyl (C=O) groups is 1. The van der Waals surface area contributed by atoms with E-state index >= 15 is 0 Å². The van der Waals surface area contributed by atoms with Crippen LogP contribution < -0.4 is 15.8 Å². The second-order valence-corrected chi connectivity index (χ2v) is 6.96. The molecule has 1 amide bonds. The van der Waals surface area contributed by atoms with Crippen molar-refractivity contribution >= 4 is 33.1 Å². The number of anilines is 1. The molecular weight excluding hydrogens is 362 g/mol. The highest BCUT2D eigenvalue weighted by molar-refractivity contribution is 7.22. The van der Waals surface area contributed by atoms with Gasteiger partial charge >= 0.3 is 0 Å². The fourth-order valence-electron chi connectivity index (χ4n) is 2.80. The average molecular weight is 379 g/mol. The van der Waals surface area contributed by atoms with E-state index < -0.39 is 5.91 Å². The number of primary amides is 1. The molecule has 0 bridgehead atoms. The SMILES string of the molecule is COc1ccc(CNc2ncc(C(N)=O)c3sc(-c4ccn[nH]4)cc23)cc1. The predicted molar refractivity (Wildman–Crippen MR) is 106 cm³/mol. The standard InChI is InChI=1S/C19H17N5O2S/c1-26-12-4-2-11(3-5-12)9-21-19-13-8-16(15-6-7-23-24-15)27-17(13)14(10-22-19)18(20)25/h2-8,10H,9H2,1H3,(H2,20,25)(H,21,22)(H,23,24). The molecule has 136 valence electrons. The van der Waals surface area contributed by atoms with E-state index in [-0.39, 0.29) is 0 Å². The van der Waals surface area contributed by atoms with Crippen molar-refractivity contribution in [3.8, 4) is 16.3 Å². The second-order valence-electron chi connectivity index (χ2n) is 5.91. The molecule has 3 aromatic heterocycles. The minimum atomic E-state index is -0.493. The molecule has 3 heterocycles. The number of nitrogens with zero attached hydrogens (tertiary/aromatic N) is 2. The quantitative estimate of drug-likeness (QED) is 0.476. The van der Waals surface area contributed by atoms with E-state index in [4.69, 9.17) is 10.5 Å². The van der Waals surface area contributed by atoms with E-state index in [2.05, 4.69) is 20.5 Å². The van der Waals surface area contributed by atoms with Gasteiger partial charge in [0.25, 0.3) is 5.91 Å². The topological polar surface area (TPSA) is 106 Å². The molecule has 0 aliphatic rings.